The molecule has 5 nitrogen and oxygen atoms in total. The summed E-state index contributed by atoms with van der Waals surface area (Å²) in [6.07, 6.45) is 1.92. The number of nitrogens with two attached hydrogens (primary N) is 1. The van der Waals surface area contributed by atoms with E-state index < -0.39 is 0 Å². The van der Waals surface area contributed by atoms with Gasteiger partial charge in [-0.25, -0.2) is 4.79 Å². The van der Waals surface area contributed by atoms with Crippen LogP contribution in [0.4, 0.5) is 0 Å². The van der Waals surface area contributed by atoms with Crippen LogP contribution < -0.4 is 11.3 Å². The Morgan fingerprint density at radius 1 is 1.46 bits per heavy atom. The lowest BCUT2D eigenvalue weighted by Crippen LogP contribution is -2.27. The van der Waals surface area contributed by atoms with Crippen LogP contribution in [0.5, 0.6) is 0 Å². The van der Waals surface area contributed by atoms with Gasteiger partial charge in [-0.3, -0.25) is 11.3 Å². The molecular weight excluding hydrogens is 172 g/mol. The highest BCUT2D eigenvalue weighted by Crippen LogP contribution is 1.89. The SMILES string of the molecule is CCCCOC(=O)COCCNN. The maximum Gasteiger partial charge on any atom is 0.332 e. The second kappa shape index (κ2) is 9.44. The van der Waals surface area contributed by atoms with Crippen molar-refractivity contribution in [3.05, 3.63) is 0 Å². The highest BCUT2D eigenvalue weighted by atomic mass is 16.6. The number of unbranched alkanes of at least 4 members (excludes halogenated alkanes) is 1. The number of hydrazine groups is 1. The minimum absolute atomic E-state index is 0.00535. The third-order valence-corrected chi connectivity index (χ3v) is 1.37. The molecule has 0 aromatic rings. The van der Waals surface area contributed by atoms with Crippen LogP contribution in [0.15, 0.2) is 0 Å². The summed E-state index contributed by atoms with van der Waals surface area (Å²) in [6, 6.07) is 0. The average Bonchev–Trinajstić information content (AvgIpc) is 2.13. The molecule has 0 aliphatic rings. The summed E-state index contributed by atoms with van der Waals surface area (Å²) >= 11 is 0. The van der Waals surface area contributed by atoms with Crippen LogP contribution in [0.1, 0.15) is 19.8 Å². The molecule has 0 aromatic heterocycles. The van der Waals surface area contributed by atoms with Gasteiger partial charge >= 0.3 is 5.97 Å². The Labute approximate surface area is 78.5 Å². The third-order valence-electron chi connectivity index (χ3n) is 1.37. The molecule has 0 aliphatic carbocycles. The molecule has 0 bridgehead atoms. The molecule has 0 radical (unpaired) electrons. The van der Waals surface area contributed by atoms with E-state index in [2.05, 4.69) is 5.43 Å². The van der Waals surface area contributed by atoms with Crippen molar-refractivity contribution < 1.29 is 14.3 Å². The second-order valence-corrected chi connectivity index (χ2v) is 2.58. The van der Waals surface area contributed by atoms with Crippen LogP contribution in [-0.2, 0) is 14.3 Å². The van der Waals surface area contributed by atoms with E-state index in [0.717, 1.165) is 12.8 Å². The molecule has 0 heterocycles. The van der Waals surface area contributed by atoms with Gasteiger partial charge in [0.15, 0.2) is 0 Å². The lowest BCUT2D eigenvalue weighted by atomic mass is 10.4. The maximum atomic E-state index is 10.9. The largest absolute Gasteiger partial charge is 0.464 e. The molecule has 0 aliphatic heterocycles. The van der Waals surface area contributed by atoms with E-state index in [1.165, 1.54) is 0 Å². The van der Waals surface area contributed by atoms with Gasteiger partial charge in [0.2, 0.25) is 0 Å². The van der Waals surface area contributed by atoms with E-state index in [-0.39, 0.29) is 12.6 Å². The zero-order valence-corrected chi connectivity index (χ0v) is 8.04. The molecule has 78 valence electrons. The van der Waals surface area contributed by atoms with Gasteiger partial charge in [-0.15, -0.1) is 0 Å². The molecule has 0 rings (SSSR count). The number of hydrogen-bond acceptors (Lipinski definition) is 5. The van der Waals surface area contributed by atoms with Crippen LogP contribution in [0.25, 0.3) is 0 Å². The fourth-order valence-electron chi connectivity index (χ4n) is 0.659. The van der Waals surface area contributed by atoms with Crippen LogP contribution in [-0.4, -0.2) is 32.3 Å². The summed E-state index contributed by atoms with van der Waals surface area (Å²) in [7, 11) is 0. The minimum atomic E-state index is -0.314. The van der Waals surface area contributed by atoms with Crippen LogP contribution >= 0.6 is 0 Å². The molecule has 0 saturated carbocycles. The van der Waals surface area contributed by atoms with Gasteiger partial charge in [0.25, 0.3) is 0 Å². The lowest BCUT2D eigenvalue weighted by Gasteiger charge is -2.04. The summed E-state index contributed by atoms with van der Waals surface area (Å²) < 4.78 is 9.80. The first-order valence-corrected chi connectivity index (χ1v) is 4.48. The Kier molecular flexibility index (Phi) is 8.97. The summed E-state index contributed by atoms with van der Waals surface area (Å²) in [5.74, 6) is 4.68. The van der Waals surface area contributed by atoms with Crippen molar-refractivity contribution in [1.82, 2.24) is 5.43 Å². The molecule has 3 N–H and O–H groups in total. The lowest BCUT2D eigenvalue weighted by molar-refractivity contribution is -0.149. The predicted octanol–water partition coefficient (Wildman–Crippen LogP) is -0.190. The van der Waals surface area contributed by atoms with Crippen LogP contribution in [0.3, 0.4) is 0 Å². The fourth-order valence-corrected chi connectivity index (χ4v) is 0.659. The van der Waals surface area contributed by atoms with Crippen molar-refractivity contribution >= 4 is 5.97 Å². The van der Waals surface area contributed by atoms with Crippen LogP contribution in [0.2, 0.25) is 0 Å². The molecule has 13 heavy (non-hydrogen) atoms. The summed E-state index contributed by atoms with van der Waals surface area (Å²) in [5, 5.41) is 0. The quantitative estimate of drug-likeness (QED) is 0.240. The zero-order chi connectivity index (χ0) is 9.94. The van der Waals surface area contributed by atoms with E-state index in [9.17, 15) is 4.79 Å². The van der Waals surface area contributed by atoms with Crippen molar-refractivity contribution in [2.45, 2.75) is 19.8 Å². The van der Waals surface area contributed by atoms with Gasteiger partial charge in [-0.1, -0.05) is 13.3 Å². The topological polar surface area (TPSA) is 73.6 Å². The van der Waals surface area contributed by atoms with Crippen molar-refractivity contribution in [1.29, 1.82) is 0 Å². The molecule has 0 atom stereocenters. The summed E-state index contributed by atoms with van der Waals surface area (Å²) in [6.45, 7) is 3.47. The van der Waals surface area contributed by atoms with Crippen molar-refractivity contribution in [3.8, 4) is 0 Å². The highest BCUT2D eigenvalue weighted by Gasteiger charge is 2.00. The smallest absolute Gasteiger partial charge is 0.332 e. The summed E-state index contributed by atoms with van der Waals surface area (Å²) in [4.78, 5) is 10.9. The number of carbonyl (C=O) groups is 1. The monoisotopic (exact) mass is 190 g/mol. The molecule has 0 unspecified atom stereocenters. The van der Waals surface area contributed by atoms with E-state index in [1.807, 2.05) is 6.92 Å². The molecule has 0 spiro atoms. The van der Waals surface area contributed by atoms with Gasteiger partial charge in [-0.2, -0.15) is 0 Å². The van der Waals surface area contributed by atoms with Crippen molar-refractivity contribution in [3.63, 3.8) is 0 Å². The number of hydrogen-bond donors (Lipinski definition) is 2. The molecule has 0 amide bonds. The Morgan fingerprint density at radius 3 is 2.85 bits per heavy atom. The Bertz CT molecular complexity index is 131. The molecule has 5 heteroatoms. The van der Waals surface area contributed by atoms with Gasteiger partial charge in [-0.05, 0) is 6.42 Å². The van der Waals surface area contributed by atoms with Gasteiger partial charge in [0.05, 0.1) is 13.2 Å². The molecule has 0 aromatic carbocycles. The van der Waals surface area contributed by atoms with Gasteiger partial charge in [0, 0.05) is 6.54 Å². The predicted molar refractivity (Wildman–Crippen MR) is 48.9 cm³/mol. The number of esters is 1. The first-order valence-electron chi connectivity index (χ1n) is 4.48. The van der Waals surface area contributed by atoms with Crippen LogP contribution in [0, 0.1) is 0 Å². The third kappa shape index (κ3) is 9.26. The van der Waals surface area contributed by atoms with E-state index in [1.54, 1.807) is 0 Å². The maximum absolute atomic E-state index is 10.9. The molecule has 0 fully saturated rings. The normalized spacial score (nSPS) is 10.0. The Morgan fingerprint density at radius 2 is 2.23 bits per heavy atom. The van der Waals surface area contributed by atoms with Crippen molar-refractivity contribution in [2.75, 3.05) is 26.4 Å². The minimum Gasteiger partial charge on any atom is -0.464 e. The molecular formula is C8H18N2O3. The van der Waals surface area contributed by atoms with E-state index >= 15 is 0 Å². The number of nitrogens with one attached hydrogen (secondary N) is 1. The van der Waals surface area contributed by atoms with E-state index in [0.29, 0.717) is 19.8 Å². The number of rotatable bonds is 8. The molecule has 0 saturated heterocycles. The summed E-state index contributed by atoms with van der Waals surface area (Å²) in [5.41, 5.74) is 2.42. The number of ether oxygens (including phenoxy) is 2. The Balaban J connectivity index is 3.11. The first-order chi connectivity index (χ1) is 6.31. The standard InChI is InChI=1S/C8H18N2O3/c1-2-3-5-13-8(11)7-12-6-4-10-9/h10H,2-7,9H2,1H3. The fraction of sp³-hybridized carbons (Fsp3) is 0.875. The number of carbonyl (C=O) groups excluding carboxylic acids is 1. The van der Waals surface area contributed by atoms with Gasteiger partial charge < -0.3 is 9.47 Å². The highest BCUT2D eigenvalue weighted by molar-refractivity contribution is 5.70. The first kappa shape index (κ1) is 12.3. The zero-order valence-electron chi connectivity index (χ0n) is 8.04. The Hall–Kier alpha value is -0.650. The average molecular weight is 190 g/mol. The van der Waals surface area contributed by atoms with Gasteiger partial charge in [0.1, 0.15) is 6.61 Å². The second-order valence-electron chi connectivity index (χ2n) is 2.58. The van der Waals surface area contributed by atoms with Crippen molar-refractivity contribution in [2.24, 2.45) is 5.84 Å². The van der Waals surface area contributed by atoms with E-state index in [4.69, 9.17) is 15.3 Å².